The van der Waals surface area contributed by atoms with Crippen LogP contribution in [0.5, 0.6) is 5.75 Å². The number of aliphatic carboxylic acids is 1. The van der Waals surface area contributed by atoms with Crippen LogP contribution in [0.4, 0.5) is 0 Å². The molecule has 2 aromatic carbocycles. The monoisotopic (exact) mass is 481 g/mol. The van der Waals surface area contributed by atoms with E-state index in [9.17, 15) is 24.3 Å². The van der Waals surface area contributed by atoms with E-state index in [1.807, 2.05) is 54.6 Å². The Morgan fingerprint density at radius 1 is 0.943 bits per heavy atom. The summed E-state index contributed by atoms with van der Waals surface area (Å²) >= 11 is 0. The average molecular weight is 481 g/mol. The SMILES string of the molecule is O=C([O-])CCC(=O)OCCOCn1cc(Cc2cccc(OCc3ccccc3)c2)c(=O)[nH]c1=O. The zero-order valence-electron chi connectivity index (χ0n) is 18.9. The molecule has 1 aromatic heterocycles. The van der Waals surface area contributed by atoms with Gasteiger partial charge in [0.25, 0.3) is 5.56 Å². The number of nitrogens with one attached hydrogen (secondary N) is 1. The summed E-state index contributed by atoms with van der Waals surface area (Å²) in [6, 6.07) is 17.1. The van der Waals surface area contributed by atoms with E-state index < -0.39 is 29.6 Å². The molecule has 0 bridgehead atoms. The number of esters is 1. The van der Waals surface area contributed by atoms with Gasteiger partial charge in [-0.3, -0.25) is 19.1 Å². The number of carbonyl (C=O) groups is 2. The van der Waals surface area contributed by atoms with Gasteiger partial charge in [0.2, 0.25) is 0 Å². The van der Waals surface area contributed by atoms with Crippen LogP contribution in [0, 0.1) is 0 Å². The highest BCUT2D eigenvalue weighted by Crippen LogP contribution is 2.17. The van der Waals surface area contributed by atoms with Gasteiger partial charge in [0, 0.05) is 24.2 Å². The van der Waals surface area contributed by atoms with Crippen molar-refractivity contribution in [3.05, 3.63) is 98.3 Å². The molecule has 10 nitrogen and oxygen atoms in total. The number of carbonyl (C=O) groups excluding carboxylic acids is 2. The van der Waals surface area contributed by atoms with Crippen molar-refractivity contribution in [3.63, 3.8) is 0 Å². The largest absolute Gasteiger partial charge is 0.550 e. The van der Waals surface area contributed by atoms with E-state index in [-0.39, 0.29) is 32.8 Å². The zero-order chi connectivity index (χ0) is 25.0. The van der Waals surface area contributed by atoms with Crippen LogP contribution in [0.3, 0.4) is 0 Å². The van der Waals surface area contributed by atoms with Gasteiger partial charge in [0.15, 0.2) is 0 Å². The van der Waals surface area contributed by atoms with E-state index >= 15 is 0 Å². The molecule has 0 fully saturated rings. The molecule has 10 heteroatoms. The van der Waals surface area contributed by atoms with Gasteiger partial charge in [-0.25, -0.2) is 4.79 Å². The van der Waals surface area contributed by atoms with Crippen molar-refractivity contribution in [1.82, 2.24) is 9.55 Å². The first kappa shape index (κ1) is 25.4. The molecule has 0 aliphatic heterocycles. The number of H-pyrrole nitrogens is 1. The van der Waals surface area contributed by atoms with Gasteiger partial charge in [-0.1, -0.05) is 42.5 Å². The number of aromatic nitrogens is 2. The summed E-state index contributed by atoms with van der Waals surface area (Å²) in [5.41, 5.74) is 1.10. The Balaban J connectivity index is 1.54. The molecule has 0 radical (unpaired) electrons. The van der Waals surface area contributed by atoms with E-state index in [1.165, 1.54) is 10.8 Å². The third-order valence-corrected chi connectivity index (χ3v) is 4.88. The van der Waals surface area contributed by atoms with Crippen LogP contribution < -0.4 is 21.1 Å². The van der Waals surface area contributed by atoms with Crippen molar-refractivity contribution in [1.29, 1.82) is 0 Å². The molecular weight excluding hydrogens is 456 g/mol. The van der Waals surface area contributed by atoms with Crippen molar-refractivity contribution in [2.45, 2.75) is 32.6 Å². The fourth-order valence-electron chi connectivity index (χ4n) is 3.14. The zero-order valence-corrected chi connectivity index (χ0v) is 18.9. The normalized spacial score (nSPS) is 10.6. The summed E-state index contributed by atoms with van der Waals surface area (Å²) in [5, 5.41) is 10.3. The lowest BCUT2D eigenvalue weighted by Crippen LogP contribution is -2.32. The summed E-state index contributed by atoms with van der Waals surface area (Å²) in [7, 11) is 0. The van der Waals surface area contributed by atoms with Gasteiger partial charge in [-0.05, 0) is 29.7 Å². The predicted octanol–water partition coefficient (Wildman–Crippen LogP) is 0.754. The molecule has 0 aliphatic carbocycles. The van der Waals surface area contributed by atoms with E-state index in [4.69, 9.17) is 14.2 Å². The smallest absolute Gasteiger partial charge is 0.330 e. The maximum atomic E-state index is 12.3. The second-order valence-corrected chi connectivity index (χ2v) is 7.61. The maximum Gasteiger partial charge on any atom is 0.330 e. The van der Waals surface area contributed by atoms with Gasteiger partial charge in [-0.15, -0.1) is 0 Å². The average Bonchev–Trinajstić information content (AvgIpc) is 2.84. The van der Waals surface area contributed by atoms with Crippen molar-refractivity contribution < 1.29 is 28.9 Å². The van der Waals surface area contributed by atoms with Gasteiger partial charge >= 0.3 is 11.7 Å². The third kappa shape index (κ3) is 8.59. The minimum atomic E-state index is -1.34. The summed E-state index contributed by atoms with van der Waals surface area (Å²) in [6.45, 7) is 0.129. The highest BCUT2D eigenvalue weighted by Gasteiger charge is 2.08. The Kier molecular flexibility index (Phi) is 9.38. The fraction of sp³-hybridized carbons (Fsp3) is 0.280. The lowest BCUT2D eigenvalue weighted by molar-refractivity contribution is -0.305. The molecule has 184 valence electrons. The Morgan fingerprint density at radius 3 is 2.49 bits per heavy atom. The first-order chi connectivity index (χ1) is 16.9. The summed E-state index contributed by atoms with van der Waals surface area (Å²) < 4.78 is 17.2. The standard InChI is InChI=1S/C25H26N2O8/c28-22(29)9-10-23(30)34-12-11-33-17-27-15-20(24(31)26-25(27)32)13-19-7-4-8-21(14-19)35-16-18-5-2-1-3-6-18/h1-8,14-15H,9-13,16-17H2,(H,28,29)(H,26,31,32)/p-1. The molecule has 35 heavy (non-hydrogen) atoms. The number of nitrogens with zero attached hydrogens (tertiary/aromatic N) is 1. The van der Waals surface area contributed by atoms with E-state index in [0.717, 1.165) is 11.1 Å². The quantitative estimate of drug-likeness (QED) is 0.279. The Labute approximate surface area is 200 Å². The topological polar surface area (TPSA) is 140 Å². The van der Waals surface area contributed by atoms with Crippen LogP contribution in [0.25, 0.3) is 0 Å². The molecule has 0 aliphatic rings. The second-order valence-electron chi connectivity index (χ2n) is 7.61. The van der Waals surface area contributed by atoms with Crippen LogP contribution in [0.2, 0.25) is 0 Å². The lowest BCUT2D eigenvalue weighted by Gasteiger charge is -2.10. The second kappa shape index (κ2) is 12.9. The first-order valence-corrected chi connectivity index (χ1v) is 10.9. The molecule has 0 unspecified atom stereocenters. The molecule has 3 aromatic rings. The number of benzene rings is 2. The molecular formula is C25H25N2O8-. The molecule has 1 heterocycles. The summed E-state index contributed by atoms with van der Waals surface area (Å²) in [4.78, 5) is 48.4. The molecule has 0 spiro atoms. The van der Waals surface area contributed by atoms with Crippen molar-refractivity contribution in [3.8, 4) is 5.75 Å². The number of rotatable bonds is 13. The molecule has 0 atom stereocenters. The highest BCUT2D eigenvalue weighted by molar-refractivity contribution is 5.75. The van der Waals surface area contributed by atoms with E-state index in [2.05, 4.69) is 4.98 Å². The molecule has 0 amide bonds. The minimum Gasteiger partial charge on any atom is -0.550 e. The number of ether oxygens (including phenoxy) is 3. The van der Waals surface area contributed by atoms with E-state index in [1.54, 1.807) is 0 Å². The maximum absolute atomic E-state index is 12.3. The van der Waals surface area contributed by atoms with E-state index in [0.29, 0.717) is 17.9 Å². The Hall–Kier alpha value is -4.18. The highest BCUT2D eigenvalue weighted by atomic mass is 16.6. The summed E-state index contributed by atoms with van der Waals surface area (Å²) in [6.07, 6.45) is 0.986. The number of hydrogen-bond donors (Lipinski definition) is 1. The minimum absolute atomic E-state index is 0.0151. The van der Waals surface area contributed by atoms with Crippen LogP contribution in [0.15, 0.2) is 70.4 Å². The van der Waals surface area contributed by atoms with Gasteiger partial charge in [0.1, 0.15) is 25.7 Å². The molecule has 0 saturated carbocycles. The Bertz CT molecular complexity index is 1250. The fourth-order valence-corrected chi connectivity index (χ4v) is 3.14. The van der Waals surface area contributed by atoms with Crippen LogP contribution >= 0.6 is 0 Å². The molecule has 1 N–H and O–H groups in total. The van der Waals surface area contributed by atoms with Crippen molar-refractivity contribution >= 4 is 11.9 Å². The van der Waals surface area contributed by atoms with Gasteiger partial charge in [-0.2, -0.15) is 0 Å². The number of hydrogen-bond acceptors (Lipinski definition) is 8. The predicted molar refractivity (Wildman–Crippen MR) is 122 cm³/mol. The molecule has 0 saturated heterocycles. The van der Waals surface area contributed by atoms with Crippen LogP contribution in [0.1, 0.15) is 29.5 Å². The number of carboxylic acid groups (broad SMARTS) is 1. The van der Waals surface area contributed by atoms with Crippen molar-refractivity contribution in [2.75, 3.05) is 13.2 Å². The van der Waals surface area contributed by atoms with Crippen LogP contribution in [-0.4, -0.2) is 34.7 Å². The Morgan fingerprint density at radius 2 is 1.71 bits per heavy atom. The van der Waals surface area contributed by atoms with Gasteiger partial charge in [0.05, 0.1) is 13.0 Å². The third-order valence-electron chi connectivity index (χ3n) is 4.88. The lowest BCUT2D eigenvalue weighted by atomic mass is 10.1. The van der Waals surface area contributed by atoms with Crippen molar-refractivity contribution in [2.24, 2.45) is 0 Å². The number of aromatic amines is 1. The van der Waals surface area contributed by atoms with Gasteiger partial charge < -0.3 is 24.1 Å². The molecule has 3 rings (SSSR count). The number of carboxylic acids is 1. The first-order valence-electron chi connectivity index (χ1n) is 10.9. The summed E-state index contributed by atoms with van der Waals surface area (Å²) in [5.74, 6) is -1.36. The van der Waals surface area contributed by atoms with Crippen LogP contribution in [-0.2, 0) is 38.8 Å².